The smallest absolute Gasteiger partial charge is 0.281 e. The molecule has 1 N–H and O–H groups in total. The van der Waals surface area contributed by atoms with Crippen molar-refractivity contribution in [1.82, 2.24) is 8.61 Å². The van der Waals surface area contributed by atoms with Crippen molar-refractivity contribution in [2.24, 2.45) is 11.8 Å². The molecule has 0 unspecified atom stereocenters. The van der Waals surface area contributed by atoms with Gasteiger partial charge in [-0.1, -0.05) is 12.8 Å². The molecule has 0 aromatic heterocycles. The van der Waals surface area contributed by atoms with Crippen molar-refractivity contribution in [2.75, 3.05) is 33.3 Å². The Morgan fingerprint density at radius 1 is 1.11 bits per heavy atom. The Morgan fingerprint density at radius 3 is 2.21 bits per heavy atom. The summed E-state index contributed by atoms with van der Waals surface area (Å²) in [6.07, 6.45) is 6.33. The molecule has 0 bridgehead atoms. The van der Waals surface area contributed by atoms with Crippen LogP contribution in [0.5, 0.6) is 0 Å². The van der Waals surface area contributed by atoms with Gasteiger partial charge in [0.15, 0.2) is 0 Å². The number of aliphatic hydroxyl groups is 1. The number of aliphatic hydroxyl groups excluding tert-OH is 1. The average molecular weight is 290 g/mol. The zero-order valence-electron chi connectivity index (χ0n) is 11.8. The van der Waals surface area contributed by atoms with Gasteiger partial charge in [-0.25, -0.2) is 0 Å². The van der Waals surface area contributed by atoms with Crippen molar-refractivity contribution in [3.8, 4) is 0 Å². The van der Waals surface area contributed by atoms with E-state index in [1.807, 2.05) is 0 Å². The molecule has 0 aromatic carbocycles. The summed E-state index contributed by atoms with van der Waals surface area (Å²) < 4.78 is 28.0. The van der Waals surface area contributed by atoms with Crippen LogP contribution in [0.4, 0.5) is 0 Å². The fraction of sp³-hybridized carbons (Fsp3) is 1.00. The molecule has 2 fully saturated rings. The topological polar surface area (TPSA) is 60.9 Å². The maximum atomic E-state index is 12.5. The summed E-state index contributed by atoms with van der Waals surface area (Å²) in [7, 11) is -1.60. The summed E-state index contributed by atoms with van der Waals surface area (Å²) in [5.41, 5.74) is 0. The summed E-state index contributed by atoms with van der Waals surface area (Å²) in [4.78, 5) is 0. The molecule has 0 atom stereocenters. The summed E-state index contributed by atoms with van der Waals surface area (Å²) in [6.45, 7) is 1.92. The van der Waals surface area contributed by atoms with Crippen LogP contribution in [0.1, 0.15) is 38.5 Å². The van der Waals surface area contributed by atoms with Gasteiger partial charge in [-0.2, -0.15) is 17.0 Å². The maximum absolute atomic E-state index is 12.5. The van der Waals surface area contributed by atoms with Crippen LogP contribution in [0, 0.1) is 11.8 Å². The van der Waals surface area contributed by atoms with E-state index in [0.717, 1.165) is 25.7 Å². The molecule has 1 heterocycles. The van der Waals surface area contributed by atoms with Crippen molar-refractivity contribution < 1.29 is 13.5 Å². The van der Waals surface area contributed by atoms with E-state index in [0.29, 0.717) is 25.6 Å². The molecule has 0 aromatic rings. The van der Waals surface area contributed by atoms with Crippen LogP contribution in [0.15, 0.2) is 0 Å². The average Bonchev–Trinajstić information content (AvgIpc) is 2.91. The molecule has 0 spiro atoms. The lowest BCUT2D eigenvalue weighted by molar-refractivity contribution is 0.166. The summed E-state index contributed by atoms with van der Waals surface area (Å²) in [6, 6.07) is 0. The van der Waals surface area contributed by atoms with Crippen LogP contribution in [0.25, 0.3) is 0 Å². The third-order valence-corrected chi connectivity index (χ3v) is 6.50. The van der Waals surface area contributed by atoms with E-state index in [-0.39, 0.29) is 12.5 Å². The van der Waals surface area contributed by atoms with Gasteiger partial charge in [0, 0.05) is 33.3 Å². The Kier molecular flexibility index (Phi) is 5.22. The minimum atomic E-state index is -3.30. The van der Waals surface area contributed by atoms with Gasteiger partial charge in [0.2, 0.25) is 0 Å². The predicted molar refractivity (Wildman–Crippen MR) is 74.9 cm³/mol. The van der Waals surface area contributed by atoms with Crippen molar-refractivity contribution in [1.29, 1.82) is 0 Å². The van der Waals surface area contributed by atoms with E-state index in [1.54, 1.807) is 11.4 Å². The van der Waals surface area contributed by atoms with E-state index in [4.69, 9.17) is 5.11 Å². The molecule has 19 heavy (non-hydrogen) atoms. The molecular weight excluding hydrogens is 264 g/mol. The SMILES string of the molecule is CN(CC1CCCC1)S(=O)(=O)N1CCC(CO)CC1. The first-order chi connectivity index (χ1) is 9.04. The lowest BCUT2D eigenvalue weighted by Crippen LogP contribution is -2.47. The van der Waals surface area contributed by atoms with Crippen LogP contribution >= 0.6 is 0 Å². The highest BCUT2D eigenvalue weighted by Crippen LogP contribution is 2.27. The lowest BCUT2D eigenvalue weighted by atomic mass is 10.00. The van der Waals surface area contributed by atoms with E-state index in [9.17, 15) is 8.42 Å². The maximum Gasteiger partial charge on any atom is 0.281 e. The lowest BCUT2D eigenvalue weighted by Gasteiger charge is -2.33. The van der Waals surface area contributed by atoms with E-state index in [2.05, 4.69) is 0 Å². The van der Waals surface area contributed by atoms with Crippen molar-refractivity contribution >= 4 is 10.2 Å². The van der Waals surface area contributed by atoms with Gasteiger partial charge in [0.25, 0.3) is 10.2 Å². The summed E-state index contributed by atoms with van der Waals surface area (Å²) in [5, 5.41) is 9.10. The molecule has 112 valence electrons. The van der Waals surface area contributed by atoms with Crippen LogP contribution in [-0.4, -0.2) is 55.4 Å². The molecule has 5 nitrogen and oxygen atoms in total. The largest absolute Gasteiger partial charge is 0.396 e. The van der Waals surface area contributed by atoms with E-state index in [1.165, 1.54) is 17.1 Å². The quantitative estimate of drug-likeness (QED) is 0.823. The fourth-order valence-corrected chi connectivity index (χ4v) is 4.64. The molecule has 2 aliphatic rings. The Labute approximate surface area is 116 Å². The molecule has 0 radical (unpaired) electrons. The van der Waals surface area contributed by atoms with Crippen molar-refractivity contribution in [3.05, 3.63) is 0 Å². The van der Waals surface area contributed by atoms with Crippen molar-refractivity contribution in [3.63, 3.8) is 0 Å². The summed E-state index contributed by atoms with van der Waals surface area (Å²) in [5.74, 6) is 0.807. The van der Waals surface area contributed by atoms with Crippen LogP contribution in [0.3, 0.4) is 0 Å². The molecule has 2 rings (SSSR count). The highest BCUT2D eigenvalue weighted by molar-refractivity contribution is 7.86. The molecule has 1 saturated carbocycles. The second kappa shape index (κ2) is 6.52. The first kappa shape index (κ1) is 15.2. The highest BCUT2D eigenvalue weighted by Gasteiger charge is 2.32. The number of piperidine rings is 1. The minimum Gasteiger partial charge on any atom is -0.396 e. The molecule has 1 aliphatic carbocycles. The minimum absolute atomic E-state index is 0.172. The monoisotopic (exact) mass is 290 g/mol. The zero-order valence-corrected chi connectivity index (χ0v) is 12.6. The van der Waals surface area contributed by atoms with Gasteiger partial charge in [-0.05, 0) is 37.5 Å². The standard InChI is InChI=1S/C13H26N2O3S/c1-14(10-12-4-2-3-5-12)19(17,18)15-8-6-13(11-16)7-9-15/h12-13,16H,2-11H2,1H3. The molecule has 1 saturated heterocycles. The third-order valence-electron chi connectivity index (χ3n) is 4.54. The summed E-state index contributed by atoms with van der Waals surface area (Å²) >= 11 is 0. The molecule has 6 heteroatoms. The number of hydrogen-bond acceptors (Lipinski definition) is 3. The first-order valence-electron chi connectivity index (χ1n) is 7.36. The second-order valence-corrected chi connectivity index (χ2v) is 8.00. The van der Waals surface area contributed by atoms with Crippen LogP contribution in [-0.2, 0) is 10.2 Å². The third kappa shape index (κ3) is 3.68. The fourth-order valence-electron chi connectivity index (χ4n) is 3.17. The zero-order chi connectivity index (χ0) is 13.9. The Balaban J connectivity index is 1.89. The predicted octanol–water partition coefficient (Wildman–Crippen LogP) is 1.06. The van der Waals surface area contributed by atoms with Gasteiger partial charge >= 0.3 is 0 Å². The normalized spacial score (nSPS) is 24.4. The van der Waals surface area contributed by atoms with E-state index < -0.39 is 10.2 Å². The van der Waals surface area contributed by atoms with Crippen LogP contribution in [0.2, 0.25) is 0 Å². The Morgan fingerprint density at radius 2 is 1.68 bits per heavy atom. The second-order valence-electron chi connectivity index (χ2n) is 5.96. The Bertz CT molecular complexity index is 371. The molecule has 0 amide bonds. The highest BCUT2D eigenvalue weighted by atomic mass is 32.2. The molecular formula is C13H26N2O3S. The number of hydrogen-bond donors (Lipinski definition) is 1. The van der Waals surface area contributed by atoms with Gasteiger partial charge in [-0.15, -0.1) is 0 Å². The number of rotatable bonds is 5. The van der Waals surface area contributed by atoms with Crippen molar-refractivity contribution in [2.45, 2.75) is 38.5 Å². The molecule has 1 aliphatic heterocycles. The number of nitrogens with zero attached hydrogens (tertiary/aromatic N) is 2. The van der Waals surface area contributed by atoms with E-state index >= 15 is 0 Å². The van der Waals surface area contributed by atoms with Gasteiger partial charge in [-0.3, -0.25) is 0 Å². The first-order valence-corrected chi connectivity index (χ1v) is 8.76. The van der Waals surface area contributed by atoms with Gasteiger partial charge < -0.3 is 5.11 Å². The Hall–Kier alpha value is -0.170. The van der Waals surface area contributed by atoms with Crippen LogP contribution < -0.4 is 0 Å². The van der Waals surface area contributed by atoms with Gasteiger partial charge in [0.05, 0.1) is 0 Å². The van der Waals surface area contributed by atoms with Gasteiger partial charge in [0.1, 0.15) is 0 Å².